The van der Waals surface area contributed by atoms with Crippen molar-refractivity contribution in [3.63, 3.8) is 0 Å². The lowest BCUT2D eigenvalue weighted by Crippen LogP contribution is -2.18. The van der Waals surface area contributed by atoms with Gasteiger partial charge in [0, 0.05) is 17.6 Å². The highest BCUT2D eigenvalue weighted by molar-refractivity contribution is 6.34. The summed E-state index contributed by atoms with van der Waals surface area (Å²) in [6.07, 6.45) is 1.62. The van der Waals surface area contributed by atoms with Crippen molar-refractivity contribution in [2.45, 2.75) is 13.3 Å². The van der Waals surface area contributed by atoms with E-state index in [0.717, 1.165) is 0 Å². The molecule has 0 saturated carbocycles. The van der Waals surface area contributed by atoms with E-state index in [1.165, 1.54) is 12.3 Å². The summed E-state index contributed by atoms with van der Waals surface area (Å²) in [5.41, 5.74) is 0.593. The molecule has 0 spiro atoms. The zero-order valence-electron chi connectivity index (χ0n) is 9.11. The second kappa shape index (κ2) is 6.43. The predicted octanol–water partition coefficient (Wildman–Crippen LogP) is 2.63. The van der Waals surface area contributed by atoms with E-state index in [0.29, 0.717) is 10.6 Å². The van der Waals surface area contributed by atoms with Gasteiger partial charge in [-0.1, -0.05) is 23.2 Å². The molecule has 1 aromatic heterocycles. The molecule has 0 radical (unpaired) electrons. The second-order valence-electron chi connectivity index (χ2n) is 3.24. The Balaban J connectivity index is 2.81. The molecule has 0 aliphatic heterocycles. The van der Waals surface area contributed by atoms with Crippen molar-refractivity contribution in [1.29, 1.82) is 5.26 Å². The van der Waals surface area contributed by atoms with Crippen LogP contribution in [0.15, 0.2) is 12.3 Å². The largest absolute Gasteiger partial charge is 0.465 e. The summed E-state index contributed by atoms with van der Waals surface area (Å²) in [4.78, 5) is 15.3. The molecule has 0 bridgehead atoms. The number of nitrogens with zero attached hydrogens (tertiary/aromatic N) is 2. The van der Waals surface area contributed by atoms with Gasteiger partial charge in [-0.2, -0.15) is 5.26 Å². The summed E-state index contributed by atoms with van der Waals surface area (Å²) in [7, 11) is 0. The van der Waals surface area contributed by atoms with E-state index in [2.05, 4.69) is 4.98 Å². The summed E-state index contributed by atoms with van der Waals surface area (Å²) in [6, 6.07) is 3.35. The number of carbonyl (C=O) groups is 1. The molecule has 0 N–H and O–H groups in total. The number of rotatable bonds is 4. The maximum absolute atomic E-state index is 11.4. The van der Waals surface area contributed by atoms with Gasteiger partial charge in [-0.05, 0) is 18.6 Å². The van der Waals surface area contributed by atoms with Crippen LogP contribution in [0.25, 0.3) is 0 Å². The van der Waals surface area contributed by atoms with Gasteiger partial charge in [0.1, 0.15) is 11.1 Å². The smallest absolute Gasteiger partial charge is 0.323 e. The zero-order valence-corrected chi connectivity index (χ0v) is 10.6. The Kier molecular flexibility index (Phi) is 5.20. The fraction of sp³-hybridized carbons (Fsp3) is 0.364. The number of ether oxygens (including phenoxy) is 1. The molecular formula is C11H10Cl2N2O2. The van der Waals surface area contributed by atoms with Gasteiger partial charge in [-0.15, -0.1) is 0 Å². The first-order valence-corrected chi connectivity index (χ1v) is 5.70. The molecule has 1 heterocycles. The molecule has 4 nitrogen and oxygen atoms in total. The number of pyridine rings is 1. The third kappa shape index (κ3) is 3.88. The van der Waals surface area contributed by atoms with Crippen LogP contribution in [-0.4, -0.2) is 17.6 Å². The Bertz CT molecular complexity index is 457. The van der Waals surface area contributed by atoms with Crippen LogP contribution in [0.1, 0.15) is 12.5 Å². The first-order chi connectivity index (χ1) is 8.08. The lowest BCUT2D eigenvalue weighted by atomic mass is 10.0. The van der Waals surface area contributed by atoms with Crippen LogP contribution in [0.5, 0.6) is 0 Å². The van der Waals surface area contributed by atoms with E-state index in [1.807, 2.05) is 6.07 Å². The van der Waals surface area contributed by atoms with E-state index < -0.39 is 11.9 Å². The Morgan fingerprint density at radius 3 is 2.88 bits per heavy atom. The first-order valence-electron chi connectivity index (χ1n) is 4.94. The third-order valence-electron chi connectivity index (χ3n) is 2.05. The summed E-state index contributed by atoms with van der Waals surface area (Å²) in [5, 5.41) is 9.54. The zero-order chi connectivity index (χ0) is 12.8. The first kappa shape index (κ1) is 13.8. The molecular weight excluding hydrogens is 263 g/mol. The molecule has 0 aliphatic carbocycles. The van der Waals surface area contributed by atoms with E-state index in [-0.39, 0.29) is 18.2 Å². The molecule has 0 fully saturated rings. The molecule has 0 aromatic carbocycles. The van der Waals surface area contributed by atoms with Crippen LogP contribution in [-0.2, 0) is 16.0 Å². The van der Waals surface area contributed by atoms with Crippen molar-refractivity contribution >= 4 is 29.2 Å². The van der Waals surface area contributed by atoms with Gasteiger partial charge in [0.15, 0.2) is 0 Å². The van der Waals surface area contributed by atoms with Gasteiger partial charge >= 0.3 is 5.97 Å². The molecule has 1 aromatic rings. The summed E-state index contributed by atoms with van der Waals surface area (Å²) in [5.74, 6) is -1.43. The number of hydrogen-bond donors (Lipinski definition) is 0. The topological polar surface area (TPSA) is 63.0 Å². The van der Waals surface area contributed by atoms with Gasteiger partial charge in [-0.3, -0.25) is 4.79 Å². The predicted molar refractivity (Wildman–Crippen MR) is 63.7 cm³/mol. The lowest BCUT2D eigenvalue weighted by Gasteiger charge is -2.09. The number of hydrogen-bond acceptors (Lipinski definition) is 4. The van der Waals surface area contributed by atoms with Gasteiger partial charge in [0.25, 0.3) is 0 Å². The van der Waals surface area contributed by atoms with Crippen LogP contribution in [0, 0.1) is 17.2 Å². The van der Waals surface area contributed by atoms with Crippen LogP contribution in [0.3, 0.4) is 0 Å². The molecule has 1 unspecified atom stereocenters. The molecule has 0 aliphatic rings. The summed E-state index contributed by atoms with van der Waals surface area (Å²) < 4.78 is 4.78. The molecule has 6 heteroatoms. The van der Waals surface area contributed by atoms with Crippen LogP contribution < -0.4 is 0 Å². The minimum absolute atomic E-state index is 0.165. The number of carbonyl (C=O) groups excluding carboxylic acids is 1. The van der Waals surface area contributed by atoms with Gasteiger partial charge in [-0.25, -0.2) is 4.98 Å². The van der Waals surface area contributed by atoms with Crippen molar-refractivity contribution in [3.8, 4) is 6.07 Å². The SMILES string of the molecule is CCOC(=O)C(C#N)Cc1cnc(Cl)cc1Cl. The van der Waals surface area contributed by atoms with E-state index >= 15 is 0 Å². The Labute approximate surface area is 109 Å². The number of halogens is 2. The summed E-state index contributed by atoms with van der Waals surface area (Å²) >= 11 is 11.6. The van der Waals surface area contributed by atoms with Gasteiger partial charge < -0.3 is 4.74 Å². The van der Waals surface area contributed by atoms with Crippen LogP contribution in [0.4, 0.5) is 0 Å². The van der Waals surface area contributed by atoms with Gasteiger partial charge in [0.05, 0.1) is 12.7 Å². The second-order valence-corrected chi connectivity index (χ2v) is 4.03. The van der Waals surface area contributed by atoms with Crippen LogP contribution in [0.2, 0.25) is 10.2 Å². The molecule has 1 atom stereocenters. The third-order valence-corrected chi connectivity index (χ3v) is 2.61. The minimum atomic E-state index is -0.879. The highest BCUT2D eigenvalue weighted by Crippen LogP contribution is 2.21. The average Bonchev–Trinajstić information content (AvgIpc) is 2.28. The maximum atomic E-state index is 11.4. The average molecular weight is 273 g/mol. The van der Waals surface area contributed by atoms with Gasteiger partial charge in [0.2, 0.25) is 0 Å². The fourth-order valence-corrected chi connectivity index (χ4v) is 1.67. The monoisotopic (exact) mass is 272 g/mol. The molecule has 0 amide bonds. The molecule has 1 rings (SSSR count). The van der Waals surface area contributed by atoms with Crippen molar-refractivity contribution in [1.82, 2.24) is 4.98 Å². The Hall–Kier alpha value is -1.31. The number of aromatic nitrogens is 1. The molecule has 0 saturated heterocycles. The standard InChI is InChI=1S/C11H10Cl2N2O2/c1-2-17-11(16)7(5-14)3-8-6-15-10(13)4-9(8)12/h4,6-7H,2-3H2,1H3. The molecule has 17 heavy (non-hydrogen) atoms. The normalized spacial score (nSPS) is 11.6. The van der Waals surface area contributed by atoms with Crippen molar-refractivity contribution in [3.05, 3.63) is 28.0 Å². The summed E-state index contributed by atoms with van der Waals surface area (Å²) in [6.45, 7) is 1.92. The minimum Gasteiger partial charge on any atom is -0.465 e. The van der Waals surface area contributed by atoms with Crippen molar-refractivity contribution in [2.24, 2.45) is 5.92 Å². The highest BCUT2D eigenvalue weighted by atomic mass is 35.5. The number of esters is 1. The maximum Gasteiger partial charge on any atom is 0.323 e. The van der Waals surface area contributed by atoms with Crippen molar-refractivity contribution < 1.29 is 9.53 Å². The molecule has 90 valence electrons. The van der Waals surface area contributed by atoms with Crippen molar-refractivity contribution in [2.75, 3.05) is 6.61 Å². The lowest BCUT2D eigenvalue weighted by molar-refractivity contribution is -0.145. The quantitative estimate of drug-likeness (QED) is 0.625. The Morgan fingerprint density at radius 1 is 1.65 bits per heavy atom. The van der Waals surface area contributed by atoms with Crippen LogP contribution >= 0.6 is 23.2 Å². The number of nitriles is 1. The van der Waals surface area contributed by atoms with E-state index in [1.54, 1.807) is 6.92 Å². The highest BCUT2D eigenvalue weighted by Gasteiger charge is 2.21. The van der Waals surface area contributed by atoms with E-state index in [4.69, 9.17) is 33.2 Å². The fourth-order valence-electron chi connectivity index (χ4n) is 1.23. The van der Waals surface area contributed by atoms with E-state index in [9.17, 15) is 4.79 Å². The Morgan fingerprint density at radius 2 is 2.35 bits per heavy atom.